The number of aliphatic hydroxyl groups is 1. The molecule has 1 aromatic rings. The highest BCUT2D eigenvalue weighted by atomic mass is 16.5. The van der Waals surface area contributed by atoms with E-state index in [2.05, 4.69) is 15.3 Å². The van der Waals surface area contributed by atoms with Crippen molar-refractivity contribution in [1.82, 2.24) is 9.97 Å². The molecule has 13 heavy (non-hydrogen) atoms. The first-order valence-corrected chi connectivity index (χ1v) is 3.69. The van der Waals surface area contributed by atoms with Gasteiger partial charge < -0.3 is 15.2 Å². The standard InChI is InChI=1S/C7H7N3O3/c11-2-4-1-8-7-6(9-4)10-5(12)3-13-7/h1-2,5,12H,3H2,(H,9,10). The average molecular weight is 181 g/mol. The van der Waals surface area contributed by atoms with Crippen molar-refractivity contribution in [3.05, 3.63) is 11.9 Å². The van der Waals surface area contributed by atoms with E-state index in [0.717, 1.165) is 0 Å². The fourth-order valence-corrected chi connectivity index (χ4v) is 1.01. The summed E-state index contributed by atoms with van der Waals surface area (Å²) in [4.78, 5) is 18.0. The van der Waals surface area contributed by atoms with Crippen molar-refractivity contribution in [2.75, 3.05) is 11.9 Å². The molecule has 2 N–H and O–H groups in total. The van der Waals surface area contributed by atoms with Crippen LogP contribution in [0.4, 0.5) is 5.82 Å². The number of ether oxygens (including phenoxy) is 1. The Bertz CT molecular complexity index is 342. The van der Waals surface area contributed by atoms with E-state index in [0.29, 0.717) is 18.0 Å². The van der Waals surface area contributed by atoms with E-state index in [4.69, 9.17) is 9.84 Å². The van der Waals surface area contributed by atoms with Crippen molar-refractivity contribution in [1.29, 1.82) is 0 Å². The fourth-order valence-electron chi connectivity index (χ4n) is 1.01. The lowest BCUT2D eigenvalue weighted by atomic mass is 10.4. The Balaban J connectivity index is 2.38. The Morgan fingerprint density at radius 3 is 3.38 bits per heavy atom. The second kappa shape index (κ2) is 2.98. The molecule has 0 saturated heterocycles. The molecule has 68 valence electrons. The topological polar surface area (TPSA) is 84.3 Å². The predicted octanol–water partition coefficient (Wildman–Crippen LogP) is -0.588. The van der Waals surface area contributed by atoms with E-state index in [1.807, 2.05) is 0 Å². The number of nitrogens with one attached hydrogen (secondary N) is 1. The number of hydrogen-bond donors (Lipinski definition) is 2. The van der Waals surface area contributed by atoms with Crippen LogP contribution in [0.1, 0.15) is 10.5 Å². The second-order valence-electron chi connectivity index (χ2n) is 2.54. The van der Waals surface area contributed by atoms with Crippen molar-refractivity contribution < 1.29 is 14.6 Å². The van der Waals surface area contributed by atoms with E-state index >= 15 is 0 Å². The van der Waals surface area contributed by atoms with Crippen LogP contribution < -0.4 is 10.1 Å². The Morgan fingerprint density at radius 1 is 1.77 bits per heavy atom. The van der Waals surface area contributed by atoms with Gasteiger partial charge in [0.15, 0.2) is 18.3 Å². The summed E-state index contributed by atoms with van der Waals surface area (Å²) in [5.41, 5.74) is 0.198. The monoisotopic (exact) mass is 181 g/mol. The minimum atomic E-state index is -0.802. The van der Waals surface area contributed by atoms with Crippen molar-refractivity contribution in [2.45, 2.75) is 6.23 Å². The summed E-state index contributed by atoms with van der Waals surface area (Å²) in [6.45, 7) is 0.127. The molecule has 2 heterocycles. The van der Waals surface area contributed by atoms with Gasteiger partial charge in [-0.1, -0.05) is 0 Å². The van der Waals surface area contributed by atoms with Crippen LogP contribution in [0, 0.1) is 0 Å². The highest BCUT2D eigenvalue weighted by molar-refractivity contribution is 5.72. The number of aldehydes is 1. The van der Waals surface area contributed by atoms with E-state index < -0.39 is 6.23 Å². The highest BCUT2D eigenvalue weighted by Gasteiger charge is 2.18. The number of hydrogen-bond acceptors (Lipinski definition) is 6. The number of fused-ring (bicyclic) bond motifs is 1. The summed E-state index contributed by atoms with van der Waals surface area (Å²) < 4.78 is 5.03. The smallest absolute Gasteiger partial charge is 0.257 e. The van der Waals surface area contributed by atoms with E-state index in [-0.39, 0.29) is 12.3 Å². The van der Waals surface area contributed by atoms with Crippen molar-refractivity contribution in [2.24, 2.45) is 0 Å². The second-order valence-corrected chi connectivity index (χ2v) is 2.54. The third-order valence-corrected chi connectivity index (χ3v) is 1.56. The zero-order chi connectivity index (χ0) is 9.26. The summed E-state index contributed by atoms with van der Waals surface area (Å²) in [7, 11) is 0. The molecule has 0 aromatic carbocycles. The van der Waals surface area contributed by atoms with E-state index in [1.54, 1.807) is 0 Å². The lowest BCUT2D eigenvalue weighted by molar-refractivity contribution is 0.110. The van der Waals surface area contributed by atoms with Crippen molar-refractivity contribution >= 4 is 12.1 Å². The third kappa shape index (κ3) is 1.43. The van der Waals surface area contributed by atoms with E-state index in [1.165, 1.54) is 6.20 Å². The number of carbonyl (C=O) groups is 1. The molecule has 1 unspecified atom stereocenters. The average Bonchev–Trinajstić information content (AvgIpc) is 2.16. The maximum atomic E-state index is 10.3. The van der Waals surface area contributed by atoms with Gasteiger partial charge in [0.25, 0.3) is 5.88 Å². The first-order chi connectivity index (χ1) is 6.29. The van der Waals surface area contributed by atoms with Gasteiger partial charge in [-0.3, -0.25) is 4.79 Å². The van der Waals surface area contributed by atoms with Gasteiger partial charge in [0.05, 0.1) is 6.20 Å². The molecular formula is C7H7N3O3. The molecule has 6 heteroatoms. The number of carbonyl (C=O) groups excluding carboxylic acids is 1. The van der Waals surface area contributed by atoms with Gasteiger partial charge in [0.2, 0.25) is 0 Å². The molecule has 0 radical (unpaired) electrons. The van der Waals surface area contributed by atoms with Crippen LogP contribution in [-0.2, 0) is 0 Å². The molecule has 1 atom stereocenters. The van der Waals surface area contributed by atoms with Crippen LogP contribution >= 0.6 is 0 Å². The SMILES string of the molecule is O=Cc1cnc2c(n1)NC(O)CO2. The van der Waals surface area contributed by atoms with Crippen LogP contribution in [0.5, 0.6) is 5.88 Å². The molecule has 0 bridgehead atoms. The number of rotatable bonds is 1. The fraction of sp³-hybridized carbons (Fsp3) is 0.286. The number of nitrogens with zero attached hydrogens (tertiary/aromatic N) is 2. The van der Waals surface area contributed by atoms with Crippen LogP contribution in [-0.4, -0.2) is 34.2 Å². The van der Waals surface area contributed by atoms with Crippen molar-refractivity contribution in [3.8, 4) is 5.88 Å². The zero-order valence-electron chi connectivity index (χ0n) is 6.60. The molecule has 1 aliphatic heterocycles. The minimum Gasteiger partial charge on any atom is -0.470 e. The van der Waals surface area contributed by atoms with Gasteiger partial charge in [-0.15, -0.1) is 0 Å². The largest absolute Gasteiger partial charge is 0.470 e. The van der Waals surface area contributed by atoms with Crippen LogP contribution in [0.2, 0.25) is 0 Å². The van der Waals surface area contributed by atoms with Crippen LogP contribution in [0.3, 0.4) is 0 Å². The van der Waals surface area contributed by atoms with Gasteiger partial charge in [-0.2, -0.15) is 0 Å². The first kappa shape index (κ1) is 7.93. The first-order valence-electron chi connectivity index (χ1n) is 3.69. The molecule has 0 spiro atoms. The number of aromatic nitrogens is 2. The van der Waals surface area contributed by atoms with Gasteiger partial charge in [0.1, 0.15) is 12.3 Å². The lowest BCUT2D eigenvalue weighted by Gasteiger charge is -2.21. The quantitative estimate of drug-likeness (QED) is 0.563. The Kier molecular flexibility index (Phi) is 1.82. The molecule has 1 aromatic heterocycles. The summed E-state index contributed by atoms with van der Waals surface area (Å²) in [6.07, 6.45) is 1.09. The molecule has 0 aliphatic carbocycles. The molecule has 0 fully saturated rings. The van der Waals surface area contributed by atoms with E-state index in [9.17, 15) is 4.79 Å². The number of anilines is 1. The van der Waals surface area contributed by atoms with Crippen molar-refractivity contribution in [3.63, 3.8) is 0 Å². The maximum Gasteiger partial charge on any atom is 0.257 e. The molecule has 0 amide bonds. The molecule has 0 saturated carbocycles. The summed E-state index contributed by atoms with van der Waals surface area (Å²) >= 11 is 0. The lowest BCUT2D eigenvalue weighted by Crippen LogP contribution is -2.32. The van der Waals surface area contributed by atoms with Crippen LogP contribution in [0.15, 0.2) is 6.20 Å². The van der Waals surface area contributed by atoms with Gasteiger partial charge in [0, 0.05) is 0 Å². The Morgan fingerprint density at radius 2 is 2.62 bits per heavy atom. The van der Waals surface area contributed by atoms with Crippen LogP contribution in [0.25, 0.3) is 0 Å². The van der Waals surface area contributed by atoms with Gasteiger partial charge in [-0.25, -0.2) is 9.97 Å². The summed E-state index contributed by atoms with van der Waals surface area (Å²) in [5.74, 6) is 0.597. The van der Waals surface area contributed by atoms with Gasteiger partial charge >= 0.3 is 0 Å². The summed E-state index contributed by atoms with van der Waals surface area (Å²) in [5, 5.41) is 11.8. The minimum absolute atomic E-state index is 0.127. The third-order valence-electron chi connectivity index (χ3n) is 1.56. The molecule has 1 aliphatic rings. The Labute approximate surface area is 73.6 Å². The molecular weight excluding hydrogens is 174 g/mol. The number of aliphatic hydroxyl groups excluding tert-OH is 1. The normalized spacial score (nSPS) is 19.6. The highest BCUT2D eigenvalue weighted by Crippen LogP contribution is 2.22. The maximum absolute atomic E-state index is 10.3. The Hall–Kier alpha value is -1.69. The summed E-state index contributed by atoms with van der Waals surface area (Å²) in [6, 6.07) is 0. The van der Waals surface area contributed by atoms with Gasteiger partial charge in [-0.05, 0) is 0 Å². The molecule has 2 rings (SSSR count). The molecule has 6 nitrogen and oxygen atoms in total. The zero-order valence-corrected chi connectivity index (χ0v) is 6.60. The predicted molar refractivity (Wildman–Crippen MR) is 42.5 cm³/mol.